The van der Waals surface area contributed by atoms with Gasteiger partial charge in [-0.2, -0.15) is 11.8 Å². The Hall–Kier alpha value is -0.610. The third-order valence-electron chi connectivity index (χ3n) is 5.36. The van der Waals surface area contributed by atoms with Gasteiger partial charge < -0.3 is 0 Å². The molecule has 1 aromatic rings. The topological polar surface area (TPSA) is 83.5 Å². The van der Waals surface area contributed by atoms with Gasteiger partial charge in [-0.05, 0) is 34.4 Å². The average molecular weight is 477 g/mol. The standard InChI is InChI=1S/C21H36N2O4S3/c1-15(2)18-13-19(16(3)4)21(20(14-18)17(5)6)30(26,27)22-7-12-29(24,25)23-8-10-28-11-9-23/h13-17,22H,7-12H2,1-6H3. The number of sulfonamides is 2. The van der Waals surface area contributed by atoms with E-state index < -0.39 is 20.0 Å². The first-order valence-electron chi connectivity index (χ1n) is 10.6. The summed E-state index contributed by atoms with van der Waals surface area (Å²) in [6, 6.07) is 3.97. The van der Waals surface area contributed by atoms with E-state index in [1.165, 1.54) is 4.31 Å². The zero-order valence-corrected chi connectivity index (χ0v) is 21.4. The summed E-state index contributed by atoms with van der Waals surface area (Å²) in [7, 11) is -7.31. The van der Waals surface area contributed by atoms with Crippen molar-refractivity contribution in [3.63, 3.8) is 0 Å². The lowest BCUT2D eigenvalue weighted by Crippen LogP contribution is -2.42. The van der Waals surface area contributed by atoms with Gasteiger partial charge >= 0.3 is 0 Å². The van der Waals surface area contributed by atoms with E-state index in [1.54, 1.807) is 11.8 Å². The minimum atomic E-state index is -3.84. The summed E-state index contributed by atoms with van der Waals surface area (Å²) in [4.78, 5) is 0.309. The number of rotatable bonds is 9. The third-order valence-corrected chi connectivity index (χ3v) is 9.77. The van der Waals surface area contributed by atoms with Crippen LogP contribution in [0.4, 0.5) is 0 Å². The Balaban J connectivity index is 2.32. The molecule has 172 valence electrons. The van der Waals surface area contributed by atoms with Crippen LogP contribution in [0.15, 0.2) is 17.0 Å². The summed E-state index contributed by atoms with van der Waals surface area (Å²) >= 11 is 1.73. The normalized spacial score (nSPS) is 16.7. The average Bonchev–Trinajstić information content (AvgIpc) is 2.67. The van der Waals surface area contributed by atoms with Crippen molar-refractivity contribution in [1.29, 1.82) is 0 Å². The molecule has 9 heteroatoms. The van der Waals surface area contributed by atoms with Gasteiger partial charge in [-0.3, -0.25) is 0 Å². The summed E-state index contributed by atoms with van der Waals surface area (Å²) in [6.07, 6.45) is 0. The fourth-order valence-electron chi connectivity index (χ4n) is 3.53. The molecule has 1 aliphatic heterocycles. The number of nitrogens with zero attached hydrogens (tertiary/aromatic N) is 1. The Bertz CT molecular complexity index is 904. The molecule has 0 unspecified atom stereocenters. The van der Waals surface area contributed by atoms with Crippen LogP contribution < -0.4 is 4.72 Å². The fraction of sp³-hybridized carbons (Fsp3) is 0.714. The first-order chi connectivity index (χ1) is 13.9. The van der Waals surface area contributed by atoms with E-state index in [0.29, 0.717) is 18.0 Å². The summed E-state index contributed by atoms with van der Waals surface area (Å²) in [6.45, 7) is 13.0. The van der Waals surface area contributed by atoms with Gasteiger partial charge in [0.05, 0.1) is 10.6 Å². The van der Waals surface area contributed by atoms with Crippen molar-refractivity contribution in [2.24, 2.45) is 0 Å². The van der Waals surface area contributed by atoms with Crippen LogP contribution >= 0.6 is 11.8 Å². The van der Waals surface area contributed by atoms with E-state index >= 15 is 0 Å². The van der Waals surface area contributed by atoms with Crippen LogP contribution in [0.1, 0.15) is 76.0 Å². The molecule has 0 radical (unpaired) electrons. The molecule has 0 spiro atoms. The first-order valence-corrected chi connectivity index (χ1v) is 14.8. The van der Waals surface area contributed by atoms with Crippen LogP contribution in [-0.2, 0) is 20.0 Å². The summed E-state index contributed by atoms with van der Waals surface area (Å²) in [5.41, 5.74) is 2.69. The predicted octanol–water partition coefficient (Wildman–Crippen LogP) is 3.71. The maximum absolute atomic E-state index is 13.3. The second kappa shape index (κ2) is 10.3. The van der Waals surface area contributed by atoms with Crippen LogP contribution in [0.2, 0.25) is 0 Å². The zero-order valence-electron chi connectivity index (χ0n) is 18.9. The summed E-state index contributed by atoms with van der Waals surface area (Å²) in [5, 5.41) is 0. The summed E-state index contributed by atoms with van der Waals surface area (Å²) < 4.78 is 55.8. The maximum atomic E-state index is 13.3. The first kappa shape index (κ1) is 25.6. The minimum absolute atomic E-state index is 0.0300. The molecule has 1 N–H and O–H groups in total. The van der Waals surface area contributed by atoms with Gasteiger partial charge in [0.15, 0.2) is 0 Å². The number of thioether (sulfide) groups is 1. The Morgan fingerprint density at radius 1 is 0.900 bits per heavy atom. The molecule has 0 aliphatic carbocycles. The predicted molar refractivity (Wildman–Crippen MR) is 127 cm³/mol. The van der Waals surface area contributed by atoms with E-state index in [2.05, 4.69) is 18.6 Å². The molecule has 0 atom stereocenters. The van der Waals surface area contributed by atoms with Gasteiger partial charge in [0.2, 0.25) is 20.0 Å². The Morgan fingerprint density at radius 2 is 1.40 bits per heavy atom. The molecular weight excluding hydrogens is 440 g/mol. The third kappa shape index (κ3) is 6.22. The van der Waals surface area contributed by atoms with Crippen molar-refractivity contribution >= 4 is 31.8 Å². The highest BCUT2D eigenvalue weighted by Crippen LogP contribution is 2.35. The van der Waals surface area contributed by atoms with Crippen molar-refractivity contribution in [3.8, 4) is 0 Å². The SMILES string of the molecule is CC(C)c1cc(C(C)C)c(S(=O)(=O)NCCS(=O)(=O)N2CCSCC2)c(C(C)C)c1. The van der Waals surface area contributed by atoms with E-state index in [4.69, 9.17) is 0 Å². The van der Waals surface area contributed by atoms with E-state index in [0.717, 1.165) is 28.2 Å². The smallest absolute Gasteiger partial charge is 0.212 e. The van der Waals surface area contributed by atoms with Gasteiger partial charge in [-0.25, -0.2) is 25.9 Å². The van der Waals surface area contributed by atoms with E-state index in [-0.39, 0.29) is 30.1 Å². The van der Waals surface area contributed by atoms with Crippen LogP contribution in [0.25, 0.3) is 0 Å². The second-order valence-electron chi connectivity index (χ2n) is 8.72. The molecule has 0 aromatic heterocycles. The van der Waals surface area contributed by atoms with Crippen LogP contribution in [0.5, 0.6) is 0 Å². The molecule has 1 heterocycles. The molecule has 2 rings (SSSR count). The largest absolute Gasteiger partial charge is 0.241 e. The number of benzene rings is 1. The molecule has 1 fully saturated rings. The highest BCUT2D eigenvalue weighted by Gasteiger charge is 2.28. The van der Waals surface area contributed by atoms with Crippen molar-refractivity contribution in [2.45, 2.75) is 64.2 Å². The molecule has 0 amide bonds. The van der Waals surface area contributed by atoms with Crippen molar-refractivity contribution in [1.82, 2.24) is 9.03 Å². The number of hydrogen-bond acceptors (Lipinski definition) is 5. The molecule has 1 saturated heterocycles. The summed E-state index contributed by atoms with van der Waals surface area (Å²) in [5.74, 6) is 1.68. The van der Waals surface area contributed by atoms with Crippen LogP contribution in [-0.4, -0.2) is 58.0 Å². The maximum Gasteiger partial charge on any atom is 0.241 e. The fourth-order valence-corrected chi connectivity index (χ4v) is 7.88. The van der Waals surface area contributed by atoms with Crippen molar-refractivity contribution in [2.75, 3.05) is 36.9 Å². The van der Waals surface area contributed by atoms with Gasteiger partial charge in [0.25, 0.3) is 0 Å². The highest BCUT2D eigenvalue weighted by atomic mass is 32.2. The Labute approximate surface area is 187 Å². The lowest BCUT2D eigenvalue weighted by atomic mass is 9.89. The minimum Gasteiger partial charge on any atom is -0.212 e. The Morgan fingerprint density at radius 3 is 1.83 bits per heavy atom. The zero-order chi connectivity index (χ0) is 22.7. The Kier molecular flexibility index (Phi) is 8.84. The highest BCUT2D eigenvalue weighted by molar-refractivity contribution is 7.99. The van der Waals surface area contributed by atoms with Crippen LogP contribution in [0, 0.1) is 0 Å². The van der Waals surface area contributed by atoms with Gasteiger partial charge in [-0.1, -0.05) is 53.7 Å². The van der Waals surface area contributed by atoms with Crippen LogP contribution in [0.3, 0.4) is 0 Å². The van der Waals surface area contributed by atoms with Crippen molar-refractivity contribution < 1.29 is 16.8 Å². The molecule has 30 heavy (non-hydrogen) atoms. The van der Waals surface area contributed by atoms with Gasteiger partial charge in [0.1, 0.15) is 0 Å². The molecule has 6 nitrogen and oxygen atoms in total. The monoisotopic (exact) mass is 476 g/mol. The van der Waals surface area contributed by atoms with Gasteiger partial charge in [-0.15, -0.1) is 0 Å². The van der Waals surface area contributed by atoms with Gasteiger partial charge in [0, 0.05) is 31.1 Å². The molecule has 0 bridgehead atoms. The number of hydrogen-bond donors (Lipinski definition) is 1. The molecule has 0 saturated carbocycles. The van der Waals surface area contributed by atoms with E-state index in [1.807, 2.05) is 39.8 Å². The molecular formula is C21H36N2O4S3. The molecule has 1 aromatic carbocycles. The lowest BCUT2D eigenvalue weighted by Gasteiger charge is -2.26. The second-order valence-corrected chi connectivity index (χ2v) is 13.7. The van der Waals surface area contributed by atoms with Crippen molar-refractivity contribution in [3.05, 3.63) is 28.8 Å². The number of nitrogens with one attached hydrogen (secondary N) is 1. The quantitative estimate of drug-likeness (QED) is 0.587. The lowest BCUT2D eigenvalue weighted by molar-refractivity contribution is 0.443. The van der Waals surface area contributed by atoms with E-state index in [9.17, 15) is 16.8 Å². The molecule has 1 aliphatic rings.